The molecule has 0 aliphatic rings. The van der Waals surface area contributed by atoms with Crippen LogP contribution in [-0.2, 0) is 65.4 Å². The van der Waals surface area contributed by atoms with Crippen LogP contribution in [0.5, 0.6) is 0 Å². The lowest BCUT2D eigenvalue weighted by Crippen LogP contribution is -2.30. The van der Waals surface area contributed by atoms with Gasteiger partial charge < -0.3 is 33.8 Å². The van der Waals surface area contributed by atoms with E-state index in [9.17, 15) is 43.2 Å². The Morgan fingerprint density at radius 1 is 0.308 bits per heavy atom. The Labute approximate surface area is 556 Å². The molecule has 0 fully saturated rings. The number of rotatable bonds is 69. The van der Waals surface area contributed by atoms with Gasteiger partial charge in [-0.1, -0.05) is 306 Å². The van der Waals surface area contributed by atoms with Crippen molar-refractivity contribution in [3.63, 3.8) is 0 Å². The number of phosphoric acid groups is 2. The summed E-state index contributed by atoms with van der Waals surface area (Å²) in [5.41, 5.74) is 0. The van der Waals surface area contributed by atoms with Crippen molar-refractivity contribution >= 4 is 39.5 Å². The molecule has 5 unspecified atom stereocenters. The van der Waals surface area contributed by atoms with Gasteiger partial charge in [0.05, 0.1) is 26.4 Å². The molecule has 0 radical (unpaired) electrons. The van der Waals surface area contributed by atoms with Crippen molar-refractivity contribution < 1.29 is 80.2 Å². The number of esters is 4. The summed E-state index contributed by atoms with van der Waals surface area (Å²) in [6.07, 6.45) is 44.2. The number of ether oxygens (including phenoxy) is 4. The van der Waals surface area contributed by atoms with Gasteiger partial charge in [-0.25, -0.2) is 9.13 Å². The summed E-state index contributed by atoms with van der Waals surface area (Å²) < 4.78 is 68.4. The highest BCUT2D eigenvalue weighted by Crippen LogP contribution is 2.45. The van der Waals surface area contributed by atoms with Gasteiger partial charge in [0.15, 0.2) is 12.2 Å². The number of hydrogen-bond donors (Lipinski definition) is 3. The minimum atomic E-state index is -4.95. The molecule has 0 aliphatic carbocycles. The minimum absolute atomic E-state index is 0.104. The zero-order valence-corrected chi connectivity index (χ0v) is 61.3. The van der Waals surface area contributed by atoms with Gasteiger partial charge in [-0.3, -0.25) is 37.3 Å². The molecule has 91 heavy (non-hydrogen) atoms. The van der Waals surface area contributed by atoms with E-state index < -0.39 is 97.5 Å². The van der Waals surface area contributed by atoms with E-state index in [0.717, 1.165) is 114 Å². The monoisotopic (exact) mass is 1340 g/mol. The van der Waals surface area contributed by atoms with E-state index in [1.54, 1.807) is 0 Å². The minimum Gasteiger partial charge on any atom is -0.462 e. The van der Waals surface area contributed by atoms with Crippen molar-refractivity contribution in [2.24, 2.45) is 23.7 Å². The first-order chi connectivity index (χ1) is 43.7. The summed E-state index contributed by atoms with van der Waals surface area (Å²) in [4.78, 5) is 72.7. The Hall–Kier alpha value is -1.94. The highest BCUT2D eigenvalue weighted by atomic mass is 31.2. The van der Waals surface area contributed by atoms with E-state index in [2.05, 4.69) is 55.4 Å². The van der Waals surface area contributed by atoms with Gasteiger partial charge in [-0.2, -0.15) is 0 Å². The molecule has 17 nitrogen and oxygen atoms in total. The molecule has 0 aliphatic heterocycles. The predicted molar refractivity (Wildman–Crippen MR) is 367 cm³/mol. The first kappa shape index (κ1) is 89.1. The fourth-order valence-electron chi connectivity index (χ4n) is 10.7. The lowest BCUT2D eigenvalue weighted by Gasteiger charge is -2.21. The first-order valence-corrected chi connectivity index (χ1v) is 40.3. The molecule has 540 valence electrons. The second kappa shape index (κ2) is 61.6. The first-order valence-electron chi connectivity index (χ1n) is 37.3. The van der Waals surface area contributed by atoms with Crippen LogP contribution in [0.15, 0.2) is 0 Å². The number of aliphatic hydroxyl groups is 1. The second-order valence-electron chi connectivity index (χ2n) is 27.2. The van der Waals surface area contributed by atoms with Gasteiger partial charge in [0.2, 0.25) is 0 Å². The van der Waals surface area contributed by atoms with Crippen LogP contribution in [-0.4, -0.2) is 96.7 Å². The van der Waals surface area contributed by atoms with Crippen LogP contribution < -0.4 is 0 Å². The van der Waals surface area contributed by atoms with Gasteiger partial charge in [0, 0.05) is 25.7 Å². The Bertz CT molecular complexity index is 1800. The van der Waals surface area contributed by atoms with Crippen LogP contribution in [0.4, 0.5) is 0 Å². The summed E-state index contributed by atoms with van der Waals surface area (Å²) in [6, 6.07) is 0. The number of hydrogen-bond acceptors (Lipinski definition) is 15. The fraction of sp³-hybridized carbons (Fsp3) is 0.944. The Kier molecular flexibility index (Phi) is 60.3. The number of phosphoric ester groups is 2. The summed E-state index contributed by atoms with van der Waals surface area (Å²) >= 11 is 0. The average Bonchev–Trinajstić information content (AvgIpc) is 2.30. The molecular formula is C72H140O17P2. The number of unbranched alkanes of at least 4 members (excludes halogenated alkanes) is 32. The Morgan fingerprint density at radius 3 is 0.780 bits per heavy atom. The van der Waals surface area contributed by atoms with Crippen LogP contribution in [0.2, 0.25) is 0 Å². The largest absolute Gasteiger partial charge is 0.472 e. The number of carbonyl (C=O) groups excluding carboxylic acids is 4. The van der Waals surface area contributed by atoms with E-state index in [0.29, 0.717) is 25.7 Å². The van der Waals surface area contributed by atoms with Gasteiger partial charge in [0.25, 0.3) is 0 Å². The van der Waals surface area contributed by atoms with Crippen LogP contribution in [0, 0.1) is 23.7 Å². The predicted octanol–water partition coefficient (Wildman–Crippen LogP) is 20.5. The van der Waals surface area contributed by atoms with Gasteiger partial charge in [-0.15, -0.1) is 0 Å². The normalized spacial score (nSPS) is 15.1. The smallest absolute Gasteiger partial charge is 0.462 e. The third-order valence-corrected chi connectivity index (χ3v) is 19.6. The SMILES string of the molecule is CCC(C)CCCCCCCCCCC(=O)OC[C@H](COP(=O)(O)OC[C@@H](O)COP(=O)(O)OC[C@@H](COC(=O)CCCCCCCCCCC(C)CC)OC(=O)CCCCCCCCCCC(C)CC)OC(=O)CCCCCCCCCCCCCCC(C)C. The molecule has 0 heterocycles. The van der Waals surface area contributed by atoms with Crippen LogP contribution in [0.1, 0.15) is 357 Å². The third-order valence-electron chi connectivity index (χ3n) is 17.7. The van der Waals surface area contributed by atoms with Gasteiger partial charge in [-0.05, 0) is 49.4 Å². The van der Waals surface area contributed by atoms with Crippen molar-refractivity contribution in [3.05, 3.63) is 0 Å². The Balaban J connectivity index is 5.28. The quantitative estimate of drug-likeness (QED) is 0.0222. The van der Waals surface area contributed by atoms with Crippen molar-refractivity contribution in [3.8, 4) is 0 Å². The molecule has 0 rings (SSSR count). The van der Waals surface area contributed by atoms with E-state index in [1.807, 2.05) is 0 Å². The highest BCUT2D eigenvalue weighted by Gasteiger charge is 2.30. The molecule has 0 aromatic carbocycles. The molecule has 3 N–H and O–H groups in total. The molecule has 8 atom stereocenters. The van der Waals surface area contributed by atoms with E-state index in [1.165, 1.54) is 161 Å². The van der Waals surface area contributed by atoms with Gasteiger partial charge in [0.1, 0.15) is 19.3 Å². The summed E-state index contributed by atoms with van der Waals surface area (Å²) in [7, 11) is -9.91. The summed E-state index contributed by atoms with van der Waals surface area (Å²) in [5, 5.41) is 10.6. The lowest BCUT2D eigenvalue weighted by atomic mass is 9.99. The maximum atomic E-state index is 13.0. The lowest BCUT2D eigenvalue weighted by molar-refractivity contribution is -0.161. The zero-order chi connectivity index (χ0) is 67.5. The number of aliphatic hydroxyl groups excluding tert-OH is 1. The van der Waals surface area contributed by atoms with Gasteiger partial charge >= 0.3 is 39.5 Å². The van der Waals surface area contributed by atoms with Crippen molar-refractivity contribution in [1.82, 2.24) is 0 Å². The molecule has 0 saturated heterocycles. The van der Waals surface area contributed by atoms with Crippen molar-refractivity contribution in [1.29, 1.82) is 0 Å². The third kappa shape index (κ3) is 62.6. The number of carbonyl (C=O) groups is 4. The molecule has 0 aromatic heterocycles. The van der Waals surface area contributed by atoms with Crippen molar-refractivity contribution in [2.45, 2.75) is 375 Å². The maximum Gasteiger partial charge on any atom is 0.472 e. The highest BCUT2D eigenvalue weighted by molar-refractivity contribution is 7.47. The molecule has 0 aromatic rings. The van der Waals surface area contributed by atoms with E-state index in [-0.39, 0.29) is 25.7 Å². The molecule has 0 bridgehead atoms. The molecule has 0 saturated carbocycles. The topological polar surface area (TPSA) is 237 Å². The van der Waals surface area contributed by atoms with E-state index >= 15 is 0 Å². The fourth-order valence-corrected chi connectivity index (χ4v) is 12.3. The standard InChI is InChI=1S/C72H140O17P2/c1-9-63(6)49-41-33-25-18-21-28-36-44-52-69(74)82-58-67(88-71(76)54-46-38-30-17-15-13-12-14-16-24-32-40-48-62(4)5)60-86-90(78,79)84-56-66(73)57-85-91(80,81)87-61-68(89-72(77)55-47-39-31-23-20-27-35-43-51-65(8)11-3)59-83-70(75)53-45-37-29-22-19-26-34-42-50-64(7)10-2/h62-68,73H,9-61H2,1-8H3,(H,78,79)(H,80,81)/t63?,64?,65?,66-,67-,68-/m1/s1. The van der Waals surface area contributed by atoms with Crippen molar-refractivity contribution in [2.75, 3.05) is 39.6 Å². The zero-order valence-electron chi connectivity index (χ0n) is 59.5. The van der Waals surface area contributed by atoms with Crippen LogP contribution in [0.3, 0.4) is 0 Å². The molecule has 0 spiro atoms. The molecular weight excluding hydrogens is 1200 g/mol. The summed E-state index contributed by atoms with van der Waals surface area (Å²) in [5.74, 6) is 0.974. The molecule has 19 heteroatoms. The molecule has 0 amide bonds. The van der Waals surface area contributed by atoms with Crippen LogP contribution in [0.25, 0.3) is 0 Å². The maximum absolute atomic E-state index is 13.0. The second-order valence-corrected chi connectivity index (χ2v) is 30.1. The average molecular weight is 1340 g/mol. The summed E-state index contributed by atoms with van der Waals surface area (Å²) in [6.45, 7) is 14.2. The Morgan fingerprint density at radius 2 is 0.527 bits per heavy atom. The van der Waals surface area contributed by atoms with Crippen LogP contribution >= 0.6 is 15.6 Å². The van der Waals surface area contributed by atoms with E-state index in [4.69, 9.17) is 37.0 Å².